The second kappa shape index (κ2) is 7.82. The average molecular weight is 434 g/mol. The number of hydrogen-bond donors (Lipinski definition) is 1. The molecule has 1 saturated heterocycles. The maximum Gasteiger partial charge on any atom is 0.263 e. The van der Waals surface area contributed by atoms with Crippen LogP contribution in [0.5, 0.6) is 0 Å². The van der Waals surface area contributed by atoms with E-state index in [-0.39, 0.29) is 21.9 Å². The van der Waals surface area contributed by atoms with E-state index >= 15 is 0 Å². The maximum absolute atomic E-state index is 12.7. The molecule has 1 amide bonds. The van der Waals surface area contributed by atoms with Crippen LogP contribution in [0, 0.1) is 6.92 Å². The van der Waals surface area contributed by atoms with Crippen molar-refractivity contribution in [3.05, 3.63) is 44.3 Å². The Kier molecular flexibility index (Phi) is 5.88. The van der Waals surface area contributed by atoms with Gasteiger partial charge in [0.1, 0.15) is 4.88 Å². The Labute approximate surface area is 166 Å². The monoisotopic (exact) mass is 433 g/mol. The van der Waals surface area contributed by atoms with Crippen LogP contribution in [0.3, 0.4) is 0 Å². The van der Waals surface area contributed by atoms with Crippen molar-refractivity contribution < 1.29 is 13.2 Å². The highest BCUT2D eigenvalue weighted by molar-refractivity contribution is 7.89. The standard InChI is InChI=1S/C16H17Cl2N3O3S2/c1-10-15(25-9-19-10)16(22)20-11-4-6-21(7-5-11)26(23,24)12-2-3-13(17)14(18)8-12/h2-3,8-9,11H,4-7H2,1H3,(H,20,22). The van der Waals surface area contributed by atoms with Crippen molar-refractivity contribution in [3.63, 3.8) is 0 Å². The highest BCUT2D eigenvalue weighted by Crippen LogP contribution is 2.28. The smallest absolute Gasteiger partial charge is 0.263 e. The molecule has 2 aromatic rings. The molecule has 3 rings (SSSR count). The lowest BCUT2D eigenvalue weighted by molar-refractivity contribution is 0.0927. The predicted octanol–water partition coefficient (Wildman–Crippen LogP) is 3.34. The van der Waals surface area contributed by atoms with Gasteiger partial charge in [0.25, 0.3) is 5.91 Å². The fourth-order valence-corrected chi connectivity index (χ4v) is 5.36. The van der Waals surface area contributed by atoms with Gasteiger partial charge in [0.15, 0.2) is 0 Å². The van der Waals surface area contributed by atoms with E-state index in [2.05, 4.69) is 10.3 Å². The number of sulfonamides is 1. The minimum Gasteiger partial charge on any atom is -0.348 e. The van der Waals surface area contributed by atoms with Crippen molar-refractivity contribution in [3.8, 4) is 0 Å². The summed E-state index contributed by atoms with van der Waals surface area (Å²) in [4.78, 5) is 17.0. The molecule has 0 bridgehead atoms. The van der Waals surface area contributed by atoms with Crippen LogP contribution >= 0.6 is 34.5 Å². The number of benzene rings is 1. The second-order valence-corrected chi connectivity index (χ2v) is 9.60. The molecule has 1 aliphatic heterocycles. The van der Waals surface area contributed by atoms with E-state index in [4.69, 9.17) is 23.2 Å². The van der Waals surface area contributed by atoms with Crippen LogP contribution < -0.4 is 5.32 Å². The summed E-state index contributed by atoms with van der Waals surface area (Å²) in [6, 6.07) is 4.22. The van der Waals surface area contributed by atoms with Crippen molar-refractivity contribution in [2.45, 2.75) is 30.7 Å². The Morgan fingerprint density at radius 2 is 1.96 bits per heavy atom. The minimum atomic E-state index is -3.63. The van der Waals surface area contributed by atoms with E-state index in [1.807, 2.05) is 0 Å². The van der Waals surface area contributed by atoms with Crippen LogP contribution in [-0.4, -0.2) is 42.7 Å². The molecule has 0 atom stereocenters. The predicted molar refractivity (Wildman–Crippen MR) is 103 cm³/mol. The van der Waals surface area contributed by atoms with Crippen LogP contribution in [0.4, 0.5) is 0 Å². The molecule has 1 fully saturated rings. The molecule has 0 spiro atoms. The number of hydrogen-bond acceptors (Lipinski definition) is 5. The zero-order valence-corrected chi connectivity index (χ0v) is 17.1. The quantitative estimate of drug-likeness (QED) is 0.801. The van der Waals surface area contributed by atoms with Gasteiger partial charge in [0, 0.05) is 19.1 Å². The molecule has 0 unspecified atom stereocenters. The van der Waals surface area contributed by atoms with E-state index in [0.717, 1.165) is 0 Å². The van der Waals surface area contributed by atoms with E-state index < -0.39 is 10.0 Å². The number of aromatic nitrogens is 1. The molecule has 0 radical (unpaired) electrons. The van der Waals surface area contributed by atoms with Crippen LogP contribution in [0.15, 0.2) is 28.6 Å². The van der Waals surface area contributed by atoms with Gasteiger partial charge in [-0.25, -0.2) is 13.4 Å². The Morgan fingerprint density at radius 3 is 2.54 bits per heavy atom. The first-order valence-corrected chi connectivity index (χ1v) is 11.0. The van der Waals surface area contributed by atoms with E-state index in [0.29, 0.717) is 41.5 Å². The fourth-order valence-electron chi connectivity index (χ4n) is 2.80. The molecule has 1 aliphatic rings. The molecule has 2 heterocycles. The average Bonchev–Trinajstić information content (AvgIpc) is 3.04. The maximum atomic E-state index is 12.7. The van der Waals surface area contributed by atoms with E-state index in [1.165, 1.54) is 33.8 Å². The third kappa shape index (κ3) is 4.04. The van der Waals surface area contributed by atoms with Crippen molar-refractivity contribution in [2.24, 2.45) is 0 Å². The van der Waals surface area contributed by atoms with Crippen molar-refractivity contribution in [1.82, 2.24) is 14.6 Å². The molecular weight excluding hydrogens is 417 g/mol. The number of rotatable bonds is 4. The van der Waals surface area contributed by atoms with Crippen molar-refractivity contribution in [1.29, 1.82) is 0 Å². The normalized spacial score (nSPS) is 16.6. The van der Waals surface area contributed by atoms with E-state index in [1.54, 1.807) is 12.4 Å². The SMILES string of the molecule is Cc1ncsc1C(=O)NC1CCN(S(=O)(=O)c2ccc(Cl)c(Cl)c2)CC1. The van der Waals surface area contributed by atoms with Gasteiger partial charge in [-0.1, -0.05) is 23.2 Å². The number of nitrogens with one attached hydrogen (secondary N) is 1. The Hall–Kier alpha value is -1.19. The summed E-state index contributed by atoms with van der Waals surface area (Å²) in [7, 11) is -3.63. The molecule has 6 nitrogen and oxygen atoms in total. The van der Waals surface area contributed by atoms with E-state index in [9.17, 15) is 13.2 Å². The topological polar surface area (TPSA) is 79.4 Å². The highest BCUT2D eigenvalue weighted by atomic mass is 35.5. The lowest BCUT2D eigenvalue weighted by atomic mass is 10.1. The third-order valence-corrected chi connectivity index (χ3v) is 7.83. The van der Waals surface area contributed by atoms with Gasteiger partial charge in [-0.2, -0.15) is 4.31 Å². The van der Waals surface area contributed by atoms with Gasteiger partial charge in [-0.05, 0) is 38.0 Å². The summed E-state index contributed by atoms with van der Waals surface area (Å²) in [5, 5.41) is 3.48. The summed E-state index contributed by atoms with van der Waals surface area (Å²) < 4.78 is 26.9. The molecule has 1 aromatic heterocycles. The lowest BCUT2D eigenvalue weighted by Crippen LogP contribution is -2.46. The number of carbonyl (C=O) groups excluding carboxylic acids is 1. The summed E-state index contributed by atoms with van der Waals surface area (Å²) in [5.74, 6) is -0.157. The molecule has 0 saturated carbocycles. The summed E-state index contributed by atoms with van der Waals surface area (Å²) in [5.41, 5.74) is 2.34. The zero-order chi connectivity index (χ0) is 18.9. The van der Waals surface area contributed by atoms with Crippen molar-refractivity contribution in [2.75, 3.05) is 13.1 Å². The number of thiazole rings is 1. The molecule has 0 aliphatic carbocycles. The van der Waals surface area contributed by atoms with Gasteiger partial charge in [-0.15, -0.1) is 11.3 Å². The number of piperidine rings is 1. The van der Waals surface area contributed by atoms with Gasteiger partial charge >= 0.3 is 0 Å². The summed E-state index contributed by atoms with van der Waals surface area (Å²) >= 11 is 13.1. The Morgan fingerprint density at radius 1 is 1.27 bits per heavy atom. The molecular formula is C16H17Cl2N3O3S2. The Bertz CT molecular complexity index is 923. The Balaban J connectivity index is 1.63. The zero-order valence-electron chi connectivity index (χ0n) is 13.9. The number of aryl methyl sites for hydroxylation is 1. The first kappa shape index (κ1) is 19.6. The molecule has 1 aromatic carbocycles. The van der Waals surface area contributed by atoms with Gasteiger partial charge in [0.05, 0.1) is 26.1 Å². The molecule has 1 N–H and O–H groups in total. The number of nitrogens with zero attached hydrogens (tertiary/aromatic N) is 2. The van der Waals surface area contributed by atoms with Crippen LogP contribution in [-0.2, 0) is 10.0 Å². The molecule has 10 heteroatoms. The van der Waals surface area contributed by atoms with Crippen LogP contribution in [0.25, 0.3) is 0 Å². The molecule has 140 valence electrons. The fraction of sp³-hybridized carbons (Fsp3) is 0.375. The first-order valence-electron chi connectivity index (χ1n) is 7.95. The molecule has 26 heavy (non-hydrogen) atoms. The second-order valence-electron chi connectivity index (χ2n) is 5.99. The third-order valence-electron chi connectivity index (χ3n) is 4.27. The summed E-state index contributed by atoms with van der Waals surface area (Å²) in [6.45, 7) is 2.45. The van der Waals surface area contributed by atoms with Gasteiger partial charge < -0.3 is 5.32 Å². The lowest BCUT2D eigenvalue weighted by Gasteiger charge is -2.31. The minimum absolute atomic E-state index is 0.0655. The highest BCUT2D eigenvalue weighted by Gasteiger charge is 2.30. The van der Waals surface area contributed by atoms with Crippen molar-refractivity contribution >= 4 is 50.5 Å². The van der Waals surface area contributed by atoms with Gasteiger partial charge in [0.2, 0.25) is 10.0 Å². The van der Waals surface area contributed by atoms with Gasteiger partial charge in [-0.3, -0.25) is 4.79 Å². The largest absolute Gasteiger partial charge is 0.348 e. The number of halogens is 2. The number of amides is 1. The van der Waals surface area contributed by atoms with Crippen LogP contribution in [0.2, 0.25) is 10.0 Å². The number of carbonyl (C=O) groups is 1. The summed E-state index contributed by atoms with van der Waals surface area (Å²) in [6.07, 6.45) is 1.09. The first-order chi connectivity index (χ1) is 12.3. The van der Waals surface area contributed by atoms with Crippen LogP contribution in [0.1, 0.15) is 28.2 Å².